The number of allylic oxidation sites excluding steroid dienone is 2. The second-order valence-corrected chi connectivity index (χ2v) is 23.5. The molecule has 75 heavy (non-hydrogen) atoms. The van der Waals surface area contributed by atoms with E-state index in [4.69, 9.17) is 14.2 Å². The summed E-state index contributed by atoms with van der Waals surface area (Å²) in [6, 6.07) is 0. The molecule has 6 heteroatoms. The number of ether oxygens (including phenoxy) is 3. The molecule has 0 aliphatic carbocycles. The summed E-state index contributed by atoms with van der Waals surface area (Å²) >= 11 is 0. The topological polar surface area (TPSA) is 78.9 Å². The van der Waals surface area contributed by atoms with Crippen LogP contribution in [0.3, 0.4) is 0 Å². The van der Waals surface area contributed by atoms with Crippen LogP contribution in [-0.2, 0) is 28.6 Å². The Morgan fingerprint density at radius 2 is 0.440 bits per heavy atom. The van der Waals surface area contributed by atoms with E-state index in [1.807, 2.05) is 0 Å². The van der Waals surface area contributed by atoms with Gasteiger partial charge in [0.1, 0.15) is 13.2 Å². The minimum Gasteiger partial charge on any atom is -0.462 e. The molecule has 0 heterocycles. The number of carbonyl (C=O) groups excluding carboxylic acids is 3. The minimum atomic E-state index is -0.769. The molecule has 0 bridgehead atoms. The highest BCUT2D eigenvalue weighted by Gasteiger charge is 2.19. The van der Waals surface area contributed by atoms with Gasteiger partial charge in [-0.2, -0.15) is 0 Å². The van der Waals surface area contributed by atoms with Crippen molar-refractivity contribution in [2.75, 3.05) is 13.2 Å². The molecular formula is C69H132O6. The lowest BCUT2D eigenvalue weighted by Crippen LogP contribution is -2.30. The number of unbranched alkanes of at least 4 members (excludes halogenated alkanes) is 51. The van der Waals surface area contributed by atoms with E-state index in [0.29, 0.717) is 19.3 Å². The van der Waals surface area contributed by atoms with Gasteiger partial charge >= 0.3 is 17.9 Å². The highest BCUT2D eigenvalue weighted by molar-refractivity contribution is 5.71. The van der Waals surface area contributed by atoms with Crippen LogP contribution in [0.15, 0.2) is 12.2 Å². The minimum absolute atomic E-state index is 0.0659. The molecule has 6 nitrogen and oxygen atoms in total. The summed E-state index contributed by atoms with van der Waals surface area (Å²) in [6.07, 6.45) is 76.7. The van der Waals surface area contributed by atoms with Crippen LogP contribution in [0.4, 0.5) is 0 Å². The van der Waals surface area contributed by atoms with E-state index < -0.39 is 6.10 Å². The van der Waals surface area contributed by atoms with E-state index in [1.165, 1.54) is 289 Å². The Labute approximate surface area is 469 Å². The van der Waals surface area contributed by atoms with Crippen LogP contribution in [0.1, 0.15) is 393 Å². The summed E-state index contributed by atoms with van der Waals surface area (Å²) in [5, 5.41) is 0. The molecule has 444 valence electrons. The van der Waals surface area contributed by atoms with Crippen molar-refractivity contribution < 1.29 is 28.6 Å². The molecular weight excluding hydrogens is 925 g/mol. The van der Waals surface area contributed by atoms with E-state index in [2.05, 4.69) is 32.9 Å². The first-order valence-corrected chi connectivity index (χ1v) is 34.2. The van der Waals surface area contributed by atoms with Crippen LogP contribution >= 0.6 is 0 Å². The quantitative estimate of drug-likeness (QED) is 0.0261. The van der Waals surface area contributed by atoms with Gasteiger partial charge in [-0.1, -0.05) is 341 Å². The van der Waals surface area contributed by atoms with Gasteiger partial charge < -0.3 is 14.2 Å². The average Bonchev–Trinajstić information content (AvgIpc) is 3.41. The average molecular weight is 1060 g/mol. The molecule has 0 spiro atoms. The van der Waals surface area contributed by atoms with E-state index in [1.54, 1.807) is 0 Å². The molecule has 0 aliphatic rings. The Morgan fingerprint density at radius 1 is 0.253 bits per heavy atom. The molecule has 0 aromatic heterocycles. The number of rotatable bonds is 64. The van der Waals surface area contributed by atoms with E-state index in [0.717, 1.165) is 64.2 Å². The van der Waals surface area contributed by atoms with Crippen molar-refractivity contribution in [3.05, 3.63) is 12.2 Å². The van der Waals surface area contributed by atoms with Crippen molar-refractivity contribution in [1.29, 1.82) is 0 Å². The van der Waals surface area contributed by atoms with Gasteiger partial charge in [0.05, 0.1) is 0 Å². The standard InChI is InChI=1S/C69H132O6/c1-4-7-10-13-16-19-22-25-27-29-30-31-32-33-34-35-36-37-38-39-40-42-44-47-50-53-56-59-62-68(71)74-65-66(64-73-67(70)61-58-55-52-49-46-43-24-21-18-15-12-9-6-3)75-69(72)63-60-57-54-51-48-45-41-28-26-23-20-17-14-11-8-5-2/h21,24,66H,4-20,22-23,25-65H2,1-3H3/b24-21-. The van der Waals surface area contributed by atoms with Crippen molar-refractivity contribution >= 4 is 17.9 Å². The predicted octanol–water partition coefficient (Wildman–Crippen LogP) is 23.2. The molecule has 0 saturated heterocycles. The van der Waals surface area contributed by atoms with Gasteiger partial charge in [0.2, 0.25) is 0 Å². The molecule has 0 rings (SSSR count). The van der Waals surface area contributed by atoms with Gasteiger partial charge in [0.15, 0.2) is 6.10 Å². The summed E-state index contributed by atoms with van der Waals surface area (Å²) in [6.45, 7) is 6.70. The van der Waals surface area contributed by atoms with Crippen molar-refractivity contribution in [1.82, 2.24) is 0 Å². The zero-order chi connectivity index (χ0) is 54.3. The largest absolute Gasteiger partial charge is 0.462 e. The number of hydrogen-bond acceptors (Lipinski definition) is 6. The van der Waals surface area contributed by atoms with E-state index >= 15 is 0 Å². The third-order valence-electron chi connectivity index (χ3n) is 15.8. The van der Waals surface area contributed by atoms with Crippen LogP contribution in [0.2, 0.25) is 0 Å². The Kier molecular flexibility index (Phi) is 63.1. The number of carbonyl (C=O) groups is 3. The van der Waals surface area contributed by atoms with Crippen molar-refractivity contribution in [2.45, 2.75) is 399 Å². The molecule has 1 atom stereocenters. The molecule has 0 radical (unpaired) electrons. The van der Waals surface area contributed by atoms with Gasteiger partial charge in [-0.25, -0.2) is 0 Å². The SMILES string of the molecule is CCCCCC/C=C\CCCCCCCC(=O)OCC(COC(=O)CCCCCCCCCCCCCCCCCCCCCCCCCCCCCC)OC(=O)CCCCCCCCCCCCCCCCCC. The summed E-state index contributed by atoms with van der Waals surface area (Å²) in [5.41, 5.74) is 0. The molecule has 0 saturated carbocycles. The Hall–Kier alpha value is -1.85. The lowest BCUT2D eigenvalue weighted by Gasteiger charge is -2.18. The van der Waals surface area contributed by atoms with Gasteiger partial charge in [0, 0.05) is 19.3 Å². The first-order chi connectivity index (χ1) is 37.0. The van der Waals surface area contributed by atoms with Crippen LogP contribution < -0.4 is 0 Å². The third kappa shape index (κ3) is 62.9. The second-order valence-electron chi connectivity index (χ2n) is 23.5. The smallest absolute Gasteiger partial charge is 0.306 e. The first kappa shape index (κ1) is 73.2. The normalized spacial score (nSPS) is 12.0. The van der Waals surface area contributed by atoms with Crippen LogP contribution in [0.25, 0.3) is 0 Å². The number of hydrogen-bond donors (Lipinski definition) is 0. The highest BCUT2D eigenvalue weighted by atomic mass is 16.6. The Bertz CT molecular complexity index is 1170. The molecule has 0 amide bonds. The van der Waals surface area contributed by atoms with E-state index in [9.17, 15) is 14.4 Å². The van der Waals surface area contributed by atoms with E-state index in [-0.39, 0.29) is 31.1 Å². The van der Waals surface area contributed by atoms with Gasteiger partial charge in [0.25, 0.3) is 0 Å². The van der Waals surface area contributed by atoms with Crippen LogP contribution in [0.5, 0.6) is 0 Å². The van der Waals surface area contributed by atoms with Gasteiger partial charge in [-0.3, -0.25) is 14.4 Å². The summed E-state index contributed by atoms with van der Waals surface area (Å²) in [7, 11) is 0. The predicted molar refractivity (Wildman–Crippen MR) is 326 cm³/mol. The molecule has 0 aromatic carbocycles. The fourth-order valence-corrected chi connectivity index (χ4v) is 10.6. The summed E-state index contributed by atoms with van der Waals surface area (Å²) in [5.74, 6) is -0.843. The molecule has 0 aromatic rings. The zero-order valence-electron chi connectivity index (χ0n) is 51.1. The lowest BCUT2D eigenvalue weighted by atomic mass is 10.0. The van der Waals surface area contributed by atoms with Gasteiger partial charge in [-0.15, -0.1) is 0 Å². The summed E-state index contributed by atoms with van der Waals surface area (Å²) in [4.78, 5) is 38.3. The van der Waals surface area contributed by atoms with Crippen molar-refractivity contribution in [2.24, 2.45) is 0 Å². The maximum absolute atomic E-state index is 12.9. The fraction of sp³-hybridized carbons (Fsp3) is 0.928. The second kappa shape index (κ2) is 64.7. The Morgan fingerprint density at radius 3 is 0.680 bits per heavy atom. The maximum Gasteiger partial charge on any atom is 0.306 e. The molecule has 0 N–H and O–H groups in total. The monoisotopic (exact) mass is 1060 g/mol. The maximum atomic E-state index is 12.9. The lowest BCUT2D eigenvalue weighted by molar-refractivity contribution is -0.167. The van der Waals surface area contributed by atoms with Crippen LogP contribution in [-0.4, -0.2) is 37.2 Å². The zero-order valence-corrected chi connectivity index (χ0v) is 51.1. The Balaban J connectivity index is 4.14. The number of esters is 3. The molecule has 1 unspecified atom stereocenters. The van der Waals surface area contributed by atoms with Crippen molar-refractivity contribution in [3.63, 3.8) is 0 Å². The molecule has 0 fully saturated rings. The summed E-state index contributed by atoms with van der Waals surface area (Å²) < 4.78 is 17.0. The third-order valence-corrected chi connectivity index (χ3v) is 15.8. The fourth-order valence-electron chi connectivity index (χ4n) is 10.6. The first-order valence-electron chi connectivity index (χ1n) is 34.2. The van der Waals surface area contributed by atoms with Crippen molar-refractivity contribution in [3.8, 4) is 0 Å². The van der Waals surface area contributed by atoms with Gasteiger partial charge in [-0.05, 0) is 44.9 Å². The molecule has 0 aliphatic heterocycles. The highest BCUT2D eigenvalue weighted by Crippen LogP contribution is 2.19. The van der Waals surface area contributed by atoms with Crippen LogP contribution in [0, 0.1) is 0 Å².